The summed E-state index contributed by atoms with van der Waals surface area (Å²) in [4.78, 5) is 0. The molecule has 0 saturated heterocycles. The molecule has 0 aliphatic rings. The van der Waals surface area contributed by atoms with E-state index in [4.69, 9.17) is 0 Å². The van der Waals surface area contributed by atoms with E-state index in [2.05, 4.69) is 130 Å². The van der Waals surface area contributed by atoms with Crippen molar-refractivity contribution in [3.8, 4) is 22.3 Å². The Hall–Kier alpha value is -3.28. The molecule has 4 N–H and O–H groups in total. The molecule has 42 heavy (non-hydrogen) atoms. The molecule has 0 aliphatic heterocycles. The number of rotatable bonds is 19. The number of unbranched alkanes of at least 4 members (excludes halogenated alkanes) is 1. The van der Waals surface area contributed by atoms with Crippen molar-refractivity contribution in [2.45, 2.75) is 52.6 Å². The highest BCUT2D eigenvalue weighted by atomic mass is 14.9. The van der Waals surface area contributed by atoms with Gasteiger partial charge in [0.05, 0.1) is 0 Å². The Morgan fingerprint density at radius 2 is 0.714 bits per heavy atom. The summed E-state index contributed by atoms with van der Waals surface area (Å²) < 4.78 is 0. The van der Waals surface area contributed by atoms with Crippen molar-refractivity contribution < 1.29 is 0 Å². The molecular weight excluding hydrogens is 512 g/mol. The maximum absolute atomic E-state index is 3.59. The number of hydrogen-bond donors (Lipinski definition) is 4. The summed E-state index contributed by atoms with van der Waals surface area (Å²) >= 11 is 0. The molecule has 0 fully saturated rings. The molecule has 0 radical (unpaired) electrons. The molecule has 0 bridgehead atoms. The first-order valence-corrected chi connectivity index (χ1v) is 16.0. The van der Waals surface area contributed by atoms with Gasteiger partial charge in [0.1, 0.15) is 0 Å². The lowest BCUT2D eigenvalue weighted by molar-refractivity contribution is 0.547. The molecule has 4 nitrogen and oxygen atoms in total. The minimum absolute atomic E-state index is 0.920. The first-order valence-electron chi connectivity index (χ1n) is 16.0. The van der Waals surface area contributed by atoms with E-state index in [1.165, 1.54) is 46.2 Å². The van der Waals surface area contributed by atoms with Crippen LogP contribution in [0.25, 0.3) is 22.3 Å². The van der Waals surface area contributed by atoms with E-state index < -0.39 is 0 Å². The van der Waals surface area contributed by atoms with Gasteiger partial charge in [-0.1, -0.05) is 111 Å². The van der Waals surface area contributed by atoms with Crippen molar-refractivity contribution in [1.29, 1.82) is 0 Å². The molecule has 0 spiro atoms. The molecule has 0 aromatic heterocycles. The van der Waals surface area contributed by atoms with Gasteiger partial charge in [-0.25, -0.2) is 0 Å². The van der Waals surface area contributed by atoms with E-state index in [1.807, 2.05) is 13.8 Å². The minimum Gasteiger partial charge on any atom is -0.317 e. The molecule has 0 unspecified atom stereocenters. The lowest BCUT2D eigenvalue weighted by Crippen LogP contribution is -2.24. The average Bonchev–Trinajstić information content (AvgIpc) is 3.06. The van der Waals surface area contributed by atoms with Crippen LogP contribution in [-0.2, 0) is 13.1 Å². The molecule has 0 heterocycles. The van der Waals surface area contributed by atoms with Crippen molar-refractivity contribution in [2.75, 3.05) is 39.3 Å². The molecule has 4 rings (SSSR count). The second kappa shape index (κ2) is 21.4. The molecular formula is C38H52N4. The van der Waals surface area contributed by atoms with Crippen LogP contribution in [0.2, 0.25) is 0 Å². The number of hydrogen-bond acceptors (Lipinski definition) is 4. The maximum atomic E-state index is 3.59. The van der Waals surface area contributed by atoms with Gasteiger partial charge in [0.25, 0.3) is 0 Å². The topological polar surface area (TPSA) is 48.1 Å². The summed E-state index contributed by atoms with van der Waals surface area (Å²) in [6, 6.07) is 38.8. The van der Waals surface area contributed by atoms with E-state index in [0.717, 1.165) is 65.2 Å². The molecule has 224 valence electrons. The maximum Gasteiger partial charge on any atom is 0.0205 e. The standard InChI is InChI=1S/C36H46N4.C2H6/c1-3-15-33(16-4-1)35-19-9-13-31(27-35)29-39-25-11-23-37-21-7-8-22-38-24-12-26-40-30-32-14-10-20-36(28-32)34-17-5-2-6-18-34;1-2/h1-6,9-10,13-20,27-28,37-40H,7-8,11-12,21-26,29-30H2;1-2H3. The Labute approximate surface area is 255 Å². The predicted molar refractivity (Wildman–Crippen MR) is 183 cm³/mol. The van der Waals surface area contributed by atoms with Crippen LogP contribution in [-0.4, -0.2) is 39.3 Å². The second-order valence-corrected chi connectivity index (χ2v) is 10.4. The highest BCUT2D eigenvalue weighted by Gasteiger charge is 2.00. The first kappa shape index (κ1) is 33.2. The van der Waals surface area contributed by atoms with Gasteiger partial charge in [0.2, 0.25) is 0 Å². The van der Waals surface area contributed by atoms with Crippen LogP contribution in [0.15, 0.2) is 109 Å². The van der Waals surface area contributed by atoms with E-state index >= 15 is 0 Å². The average molecular weight is 565 g/mol. The van der Waals surface area contributed by atoms with Crippen molar-refractivity contribution in [3.63, 3.8) is 0 Å². The molecule has 0 atom stereocenters. The van der Waals surface area contributed by atoms with Crippen LogP contribution in [0, 0.1) is 0 Å². The van der Waals surface area contributed by atoms with Gasteiger partial charge < -0.3 is 21.3 Å². The second-order valence-electron chi connectivity index (χ2n) is 10.4. The van der Waals surface area contributed by atoms with Crippen LogP contribution < -0.4 is 21.3 Å². The van der Waals surface area contributed by atoms with Crippen molar-refractivity contribution in [2.24, 2.45) is 0 Å². The predicted octanol–water partition coefficient (Wildman–Crippen LogP) is 7.67. The zero-order chi connectivity index (χ0) is 29.5. The van der Waals surface area contributed by atoms with E-state index in [1.54, 1.807) is 0 Å². The van der Waals surface area contributed by atoms with Crippen LogP contribution >= 0.6 is 0 Å². The van der Waals surface area contributed by atoms with Crippen LogP contribution in [0.5, 0.6) is 0 Å². The Kier molecular flexibility index (Phi) is 17.0. The smallest absolute Gasteiger partial charge is 0.0205 e. The number of nitrogens with one attached hydrogen (secondary N) is 4. The summed E-state index contributed by atoms with van der Waals surface area (Å²) in [6.45, 7) is 12.3. The van der Waals surface area contributed by atoms with Gasteiger partial charge in [-0.3, -0.25) is 0 Å². The fourth-order valence-corrected chi connectivity index (χ4v) is 4.88. The van der Waals surface area contributed by atoms with Gasteiger partial charge >= 0.3 is 0 Å². The van der Waals surface area contributed by atoms with E-state index in [0.29, 0.717) is 0 Å². The van der Waals surface area contributed by atoms with Gasteiger partial charge in [-0.2, -0.15) is 0 Å². The van der Waals surface area contributed by atoms with Gasteiger partial charge in [0, 0.05) is 13.1 Å². The van der Waals surface area contributed by atoms with Crippen LogP contribution in [0.3, 0.4) is 0 Å². The van der Waals surface area contributed by atoms with Crippen LogP contribution in [0.4, 0.5) is 0 Å². The molecule has 0 saturated carbocycles. The third-order valence-corrected chi connectivity index (χ3v) is 7.10. The SMILES string of the molecule is CC.c1ccc(-c2cccc(CNCCCNCCCCNCCCNCc3cccc(-c4ccccc4)c3)c2)cc1. The number of benzene rings is 4. The zero-order valence-electron chi connectivity index (χ0n) is 25.9. The summed E-state index contributed by atoms with van der Waals surface area (Å²) in [7, 11) is 0. The van der Waals surface area contributed by atoms with Crippen LogP contribution in [0.1, 0.15) is 50.7 Å². The Morgan fingerprint density at radius 3 is 1.14 bits per heavy atom. The minimum atomic E-state index is 0.920. The highest BCUT2D eigenvalue weighted by molar-refractivity contribution is 5.64. The molecule has 4 aromatic carbocycles. The lowest BCUT2D eigenvalue weighted by Gasteiger charge is -2.09. The third-order valence-electron chi connectivity index (χ3n) is 7.10. The van der Waals surface area contributed by atoms with Crippen molar-refractivity contribution in [1.82, 2.24) is 21.3 Å². The first-order chi connectivity index (χ1) is 20.9. The van der Waals surface area contributed by atoms with Gasteiger partial charge in [-0.15, -0.1) is 0 Å². The summed E-state index contributed by atoms with van der Waals surface area (Å²) in [5.41, 5.74) is 7.80. The van der Waals surface area contributed by atoms with E-state index in [-0.39, 0.29) is 0 Å². The van der Waals surface area contributed by atoms with Gasteiger partial charge in [-0.05, 0) is 110 Å². The Morgan fingerprint density at radius 1 is 0.357 bits per heavy atom. The Balaban J connectivity index is 0.00000237. The highest BCUT2D eigenvalue weighted by Crippen LogP contribution is 2.21. The van der Waals surface area contributed by atoms with Crippen molar-refractivity contribution in [3.05, 3.63) is 120 Å². The zero-order valence-corrected chi connectivity index (χ0v) is 25.9. The largest absolute Gasteiger partial charge is 0.317 e. The quantitative estimate of drug-likeness (QED) is 0.0883. The monoisotopic (exact) mass is 564 g/mol. The Bertz CT molecular complexity index is 1110. The van der Waals surface area contributed by atoms with Gasteiger partial charge in [0.15, 0.2) is 0 Å². The normalized spacial score (nSPS) is 10.7. The van der Waals surface area contributed by atoms with Crippen molar-refractivity contribution >= 4 is 0 Å². The molecule has 0 amide bonds. The molecule has 0 aliphatic carbocycles. The fraction of sp³-hybridized carbons (Fsp3) is 0.368. The summed E-state index contributed by atoms with van der Waals surface area (Å²) in [6.07, 6.45) is 4.76. The lowest BCUT2D eigenvalue weighted by atomic mass is 10.0. The molecule has 4 aromatic rings. The summed E-state index contributed by atoms with van der Waals surface area (Å²) in [5, 5.41) is 14.3. The van der Waals surface area contributed by atoms with E-state index in [9.17, 15) is 0 Å². The third kappa shape index (κ3) is 13.1. The molecule has 4 heteroatoms. The fourth-order valence-electron chi connectivity index (χ4n) is 4.88. The summed E-state index contributed by atoms with van der Waals surface area (Å²) in [5.74, 6) is 0.